The van der Waals surface area contributed by atoms with Gasteiger partial charge in [0, 0.05) is 6.04 Å². The van der Waals surface area contributed by atoms with Crippen molar-refractivity contribution in [2.24, 2.45) is 0 Å². The average Bonchev–Trinajstić information content (AvgIpc) is 3.11. The zero-order valence-electron chi connectivity index (χ0n) is 11.3. The van der Waals surface area contributed by atoms with Crippen LogP contribution >= 0.6 is 0 Å². The van der Waals surface area contributed by atoms with Crippen molar-refractivity contribution in [2.45, 2.75) is 31.8 Å². The smallest absolute Gasteiger partial charge is 0.243 e. The molecule has 1 saturated carbocycles. The van der Waals surface area contributed by atoms with Gasteiger partial charge in [0.2, 0.25) is 15.9 Å². The second-order valence-electron chi connectivity index (χ2n) is 5.00. The van der Waals surface area contributed by atoms with Crippen LogP contribution in [0.5, 0.6) is 0 Å². The summed E-state index contributed by atoms with van der Waals surface area (Å²) in [6.07, 6.45) is 2.83. The fourth-order valence-corrected chi connectivity index (χ4v) is 3.14. The maximum atomic E-state index is 13.3. The summed E-state index contributed by atoms with van der Waals surface area (Å²) in [5, 5.41) is 2.75. The number of anilines is 1. The number of amides is 1. The lowest BCUT2D eigenvalue weighted by molar-refractivity contribution is -0.121. The summed E-state index contributed by atoms with van der Waals surface area (Å²) in [5.41, 5.74) is 0.144. The molecule has 110 valence electrons. The van der Waals surface area contributed by atoms with Crippen molar-refractivity contribution < 1.29 is 17.6 Å². The molecular formula is C13H17FN2O3S. The number of hydrogen-bond acceptors (Lipinski definition) is 3. The van der Waals surface area contributed by atoms with E-state index in [2.05, 4.69) is 5.32 Å². The standard InChI is InChI=1S/C13H17FN2O3S/c1-9(13(17)15-11-6-7-11)16(20(2,18)19)12-5-3-4-10(14)8-12/h3-5,8-9,11H,6-7H2,1-2H3,(H,15,17). The monoisotopic (exact) mass is 300 g/mol. The number of carbonyl (C=O) groups is 1. The van der Waals surface area contributed by atoms with Gasteiger partial charge in [0.1, 0.15) is 11.9 Å². The minimum atomic E-state index is -3.69. The van der Waals surface area contributed by atoms with E-state index < -0.39 is 21.9 Å². The Labute approximate surface area is 117 Å². The van der Waals surface area contributed by atoms with Crippen LogP contribution in [0.4, 0.5) is 10.1 Å². The van der Waals surface area contributed by atoms with Gasteiger partial charge < -0.3 is 5.32 Å². The Kier molecular flexibility index (Phi) is 3.99. The topological polar surface area (TPSA) is 66.5 Å². The van der Waals surface area contributed by atoms with Crippen molar-refractivity contribution in [1.29, 1.82) is 0 Å². The lowest BCUT2D eigenvalue weighted by Crippen LogP contribution is -2.48. The SMILES string of the molecule is CC(C(=O)NC1CC1)N(c1cccc(F)c1)S(C)(=O)=O. The number of nitrogens with zero attached hydrogens (tertiary/aromatic N) is 1. The predicted octanol–water partition coefficient (Wildman–Crippen LogP) is 1.26. The van der Waals surface area contributed by atoms with Crippen LogP contribution in [0.2, 0.25) is 0 Å². The molecule has 1 aliphatic rings. The van der Waals surface area contributed by atoms with Crippen LogP contribution in [-0.2, 0) is 14.8 Å². The van der Waals surface area contributed by atoms with Gasteiger partial charge in [-0.25, -0.2) is 12.8 Å². The summed E-state index contributed by atoms with van der Waals surface area (Å²) in [4.78, 5) is 12.0. The van der Waals surface area contributed by atoms with E-state index in [1.807, 2.05) is 0 Å². The molecule has 0 radical (unpaired) electrons. The third kappa shape index (κ3) is 3.47. The summed E-state index contributed by atoms with van der Waals surface area (Å²) in [6, 6.07) is 4.41. The van der Waals surface area contributed by atoms with E-state index in [1.54, 1.807) is 0 Å². The zero-order valence-corrected chi connectivity index (χ0v) is 12.2. The number of hydrogen-bond donors (Lipinski definition) is 1. The molecule has 20 heavy (non-hydrogen) atoms. The van der Waals surface area contributed by atoms with E-state index in [4.69, 9.17) is 0 Å². The summed E-state index contributed by atoms with van der Waals surface area (Å²) in [7, 11) is -3.69. The number of carbonyl (C=O) groups excluding carboxylic acids is 1. The maximum absolute atomic E-state index is 13.3. The van der Waals surface area contributed by atoms with Crippen molar-refractivity contribution in [3.8, 4) is 0 Å². The highest BCUT2D eigenvalue weighted by Crippen LogP contribution is 2.23. The van der Waals surface area contributed by atoms with Crippen LogP contribution in [0.1, 0.15) is 19.8 Å². The first-order chi connectivity index (χ1) is 9.29. The molecule has 5 nitrogen and oxygen atoms in total. The molecule has 0 bridgehead atoms. The Hall–Kier alpha value is -1.63. The van der Waals surface area contributed by atoms with Gasteiger partial charge in [-0.15, -0.1) is 0 Å². The lowest BCUT2D eigenvalue weighted by atomic mass is 10.2. The van der Waals surface area contributed by atoms with E-state index in [1.165, 1.54) is 25.1 Å². The van der Waals surface area contributed by atoms with Crippen molar-refractivity contribution in [3.63, 3.8) is 0 Å². The highest BCUT2D eigenvalue weighted by molar-refractivity contribution is 7.92. The number of benzene rings is 1. The first kappa shape index (κ1) is 14.8. The zero-order chi connectivity index (χ0) is 14.9. The van der Waals surface area contributed by atoms with E-state index in [-0.39, 0.29) is 17.6 Å². The van der Waals surface area contributed by atoms with Gasteiger partial charge >= 0.3 is 0 Å². The van der Waals surface area contributed by atoms with Gasteiger partial charge in [0.05, 0.1) is 11.9 Å². The van der Waals surface area contributed by atoms with Crippen LogP contribution in [0, 0.1) is 5.82 Å². The van der Waals surface area contributed by atoms with E-state index in [0.29, 0.717) is 0 Å². The summed E-state index contributed by atoms with van der Waals surface area (Å²) < 4.78 is 38.0. The molecule has 1 amide bonds. The third-order valence-corrected chi connectivity index (χ3v) is 4.32. The van der Waals surface area contributed by atoms with Gasteiger partial charge in [-0.3, -0.25) is 9.10 Å². The molecule has 1 aromatic rings. The van der Waals surface area contributed by atoms with Gasteiger partial charge in [-0.2, -0.15) is 0 Å². The Morgan fingerprint density at radius 3 is 2.60 bits per heavy atom. The molecule has 1 atom stereocenters. The van der Waals surface area contributed by atoms with Crippen LogP contribution in [0.25, 0.3) is 0 Å². The minimum absolute atomic E-state index is 0.138. The number of halogens is 1. The Bertz CT molecular complexity index is 614. The molecule has 7 heteroatoms. The highest BCUT2D eigenvalue weighted by Gasteiger charge is 2.32. The molecule has 1 unspecified atom stereocenters. The van der Waals surface area contributed by atoms with Crippen LogP contribution in [-0.4, -0.2) is 32.7 Å². The van der Waals surface area contributed by atoms with Crippen LogP contribution < -0.4 is 9.62 Å². The molecule has 1 fully saturated rings. The molecule has 0 spiro atoms. The second kappa shape index (κ2) is 5.40. The second-order valence-corrected chi connectivity index (χ2v) is 6.86. The number of nitrogens with one attached hydrogen (secondary N) is 1. The Balaban J connectivity index is 2.30. The lowest BCUT2D eigenvalue weighted by Gasteiger charge is -2.28. The average molecular weight is 300 g/mol. The Morgan fingerprint density at radius 2 is 2.10 bits per heavy atom. The number of rotatable bonds is 5. The van der Waals surface area contributed by atoms with Crippen LogP contribution in [0.3, 0.4) is 0 Å². The largest absolute Gasteiger partial charge is 0.352 e. The first-order valence-electron chi connectivity index (χ1n) is 6.34. The van der Waals surface area contributed by atoms with E-state index in [0.717, 1.165) is 29.5 Å². The first-order valence-corrected chi connectivity index (χ1v) is 8.19. The molecule has 1 N–H and O–H groups in total. The van der Waals surface area contributed by atoms with Gasteiger partial charge in [0.25, 0.3) is 0 Å². The van der Waals surface area contributed by atoms with Crippen molar-refractivity contribution in [1.82, 2.24) is 5.32 Å². The highest BCUT2D eigenvalue weighted by atomic mass is 32.2. The van der Waals surface area contributed by atoms with Crippen molar-refractivity contribution in [3.05, 3.63) is 30.1 Å². The number of sulfonamides is 1. The molecule has 1 aromatic carbocycles. The summed E-state index contributed by atoms with van der Waals surface area (Å²) in [5.74, 6) is -0.923. The van der Waals surface area contributed by atoms with Crippen molar-refractivity contribution >= 4 is 21.6 Å². The molecule has 0 heterocycles. The maximum Gasteiger partial charge on any atom is 0.243 e. The molecule has 0 aliphatic heterocycles. The third-order valence-electron chi connectivity index (χ3n) is 3.07. The van der Waals surface area contributed by atoms with Gasteiger partial charge in [-0.05, 0) is 38.0 Å². The van der Waals surface area contributed by atoms with Gasteiger partial charge in [-0.1, -0.05) is 6.07 Å². The minimum Gasteiger partial charge on any atom is -0.352 e. The summed E-state index contributed by atoms with van der Waals surface area (Å²) in [6.45, 7) is 1.49. The molecule has 0 saturated heterocycles. The molecule has 2 rings (SSSR count). The molecular weight excluding hydrogens is 283 g/mol. The fraction of sp³-hybridized carbons (Fsp3) is 0.462. The molecule has 0 aromatic heterocycles. The fourth-order valence-electron chi connectivity index (χ4n) is 1.97. The summed E-state index contributed by atoms with van der Waals surface area (Å²) >= 11 is 0. The quantitative estimate of drug-likeness (QED) is 0.890. The van der Waals surface area contributed by atoms with Crippen molar-refractivity contribution in [2.75, 3.05) is 10.6 Å². The normalized spacial score (nSPS) is 16.6. The van der Waals surface area contributed by atoms with Gasteiger partial charge in [0.15, 0.2) is 0 Å². The van der Waals surface area contributed by atoms with E-state index >= 15 is 0 Å². The Morgan fingerprint density at radius 1 is 1.45 bits per heavy atom. The predicted molar refractivity (Wildman–Crippen MR) is 74.3 cm³/mol. The van der Waals surface area contributed by atoms with E-state index in [9.17, 15) is 17.6 Å². The van der Waals surface area contributed by atoms with Crippen LogP contribution in [0.15, 0.2) is 24.3 Å². The molecule has 1 aliphatic carbocycles.